The number of methoxy groups -OCH3 is 1. The van der Waals surface area contributed by atoms with Gasteiger partial charge in [0.2, 0.25) is 17.6 Å². The summed E-state index contributed by atoms with van der Waals surface area (Å²) in [5.41, 5.74) is 2.32. The zero-order chi connectivity index (χ0) is 19.8. The van der Waals surface area contributed by atoms with Crippen LogP contribution in [0.4, 0.5) is 10.1 Å². The van der Waals surface area contributed by atoms with Crippen LogP contribution in [0.1, 0.15) is 23.8 Å². The topological polar surface area (TPSA) is 68.5 Å². The van der Waals surface area contributed by atoms with Crippen molar-refractivity contribution in [1.82, 2.24) is 10.1 Å². The summed E-state index contributed by atoms with van der Waals surface area (Å²) in [6.45, 7) is 2.37. The first-order chi connectivity index (χ1) is 13.5. The van der Waals surface area contributed by atoms with Gasteiger partial charge in [-0.15, -0.1) is 0 Å². The number of carbonyl (C=O) groups is 1. The van der Waals surface area contributed by atoms with Crippen LogP contribution < -0.4 is 9.64 Å². The van der Waals surface area contributed by atoms with Crippen LogP contribution in [0.3, 0.4) is 0 Å². The summed E-state index contributed by atoms with van der Waals surface area (Å²) in [4.78, 5) is 18.7. The molecule has 1 aliphatic rings. The second-order valence-corrected chi connectivity index (χ2v) is 7.05. The number of aromatic nitrogens is 2. The predicted molar refractivity (Wildman–Crippen MR) is 102 cm³/mol. The Morgan fingerprint density at radius 1 is 1.29 bits per heavy atom. The van der Waals surface area contributed by atoms with E-state index in [1.165, 1.54) is 18.2 Å². The molecule has 28 heavy (non-hydrogen) atoms. The molecule has 1 atom stereocenters. The van der Waals surface area contributed by atoms with Crippen molar-refractivity contribution in [3.05, 3.63) is 58.7 Å². The Labute approximate surface area is 165 Å². The molecule has 0 spiro atoms. The molecule has 0 N–H and O–H groups in total. The van der Waals surface area contributed by atoms with E-state index in [1.807, 2.05) is 25.1 Å². The van der Waals surface area contributed by atoms with Crippen molar-refractivity contribution < 1.29 is 18.4 Å². The highest BCUT2D eigenvalue weighted by atomic mass is 35.5. The first-order valence-corrected chi connectivity index (χ1v) is 9.08. The van der Waals surface area contributed by atoms with Crippen LogP contribution in [0, 0.1) is 12.7 Å². The number of benzene rings is 2. The first kappa shape index (κ1) is 18.4. The maximum atomic E-state index is 13.4. The fraction of sp³-hybridized carbons (Fsp3) is 0.250. The van der Waals surface area contributed by atoms with Gasteiger partial charge in [0.05, 0.1) is 23.7 Å². The van der Waals surface area contributed by atoms with Gasteiger partial charge in [0.25, 0.3) is 0 Å². The molecule has 1 unspecified atom stereocenters. The summed E-state index contributed by atoms with van der Waals surface area (Å²) < 4.78 is 24.0. The minimum absolute atomic E-state index is 0.0143. The normalized spacial score (nSPS) is 16.6. The van der Waals surface area contributed by atoms with E-state index in [0.717, 1.165) is 11.3 Å². The Kier molecular flexibility index (Phi) is 4.77. The molecule has 0 radical (unpaired) electrons. The highest BCUT2D eigenvalue weighted by Crippen LogP contribution is 2.35. The van der Waals surface area contributed by atoms with Crippen LogP contribution in [0.2, 0.25) is 5.02 Å². The highest BCUT2D eigenvalue weighted by molar-refractivity contribution is 6.31. The van der Waals surface area contributed by atoms with Crippen molar-refractivity contribution >= 4 is 23.2 Å². The number of halogens is 2. The van der Waals surface area contributed by atoms with Crippen molar-refractivity contribution in [2.45, 2.75) is 19.3 Å². The number of hydrogen-bond acceptors (Lipinski definition) is 5. The van der Waals surface area contributed by atoms with Crippen molar-refractivity contribution in [2.24, 2.45) is 0 Å². The monoisotopic (exact) mass is 401 g/mol. The Balaban J connectivity index is 1.58. The van der Waals surface area contributed by atoms with Crippen molar-refractivity contribution in [3.8, 4) is 17.1 Å². The highest BCUT2D eigenvalue weighted by Gasteiger charge is 2.36. The number of aryl methyl sites for hydroxylation is 1. The van der Waals surface area contributed by atoms with E-state index in [-0.39, 0.29) is 23.3 Å². The van der Waals surface area contributed by atoms with E-state index in [1.54, 1.807) is 12.0 Å². The molecule has 4 rings (SSSR count). The SMILES string of the molecule is COc1ccc(C)c(N2CC(c3nc(-c4ccc(F)c(Cl)c4)no3)CC2=O)c1. The summed E-state index contributed by atoms with van der Waals surface area (Å²) in [7, 11) is 1.59. The molecule has 0 aliphatic carbocycles. The van der Waals surface area contributed by atoms with E-state index >= 15 is 0 Å². The van der Waals surface area contributed by atoms with Gasteiger partial charge in [-0.1, -0.05) is 22.8 Å². The number of nitrogens with zero attached hydrogens (tertiary/aromatic N) is 3. The molecule has 0 bridgehead atoms. The van der Waals surface area contributed by atoms with Gasteiger partial charge in [0.1, 0.15) is 11.6 Å². The summed E-state index contributed by atoms with van der Waals surface area (Å²) in [6, 6.07) is 9.83. The van der Waals surface area contributed by atoms with Gasteiger partial charge in [-0.2, -0.15) is 4.98 Å². The molecule has 144 valence electrons. The predicted octanol–water partition coefficient (Wildman–Crippen LogP) is 4.37. The molecule has 1 amide bonds. The van der Waals surface area contributed by atoms with E-state index in [2.05, 4.69) is 10.1 Å². The molecule has 3 aromatic rings. The van der Waals surface area contributed by atoms with Crippen LogP contribution in [0.25, 0.3) is 11.4 Å². The molecule has 2 heterocycles. The Hall–Kier alpha value is -2.93. The largest absolute Gasteiger partial charge is 0.497 e. The zero-order valence-corrected chi connectivity index (χ0v) is 16.0. The van der Waals surface area contributed by atoms with E-state index in [0.29, 0.717) is 29.6 Å². The van der Waals surface area contributed by atoms with Crippen LogP contribution in [-0.4, -0.2) is 29.7 Å². The third-order valence-electron chi connectivity index (χ3n) is 4.80. The standard InChI is InChI=1S/C20H17ClFN3O3/c1-11-3-5-14(27-2)9-17(11)25-10-13(8-18(25)26)20-23-19(24-28-20)12-4-6-16(22)15(21)7-12/h3-7,9,13H,8,10H2,1-2H3. The number of anilines is 1. The maximum absolute atomic E-state index is 13.4. The van der Waals surface area contributed by atoms with Crippen LogP contribution in [-0.2, 0) is 4.79 Å². The van der Waals surface area contributed by atoms with Gasteiger partial charge in [0, 0.05) is 24.6 Å². The molecule has 1 saturated heterocycles. The second kappa shape index (κ2) is 7.24. The van der Waals surface area contributed by atoms with Crippen LogP contribution in [0.15, 0.2) is 40.9 Å². The van der Waals surface area contributed by atoms with Crippen molar-refractivity contribution in [2.75, 3.05) is 18.6 Å². The quantitative estimate of drug-likeness (QED) is 0.649. The average Bonchev–Trinajstić information content (AvgIpc) is 3.31. The minimum atomic E-state index is -0.514. The Bertz CT molecular complexity index is 1050. The van der Waals surface area contributed by atoms with Crippen molar-refractivity contribution in [1.29, 1.82) is 0 Å². The smallest absolute Gasteiger partial charge is 0.232 e. The summed E-state index contributed by atoms with van der Waals surface area (Å²) in [5, 5.41) is 3.94. The molecule has 2 aromatic carbocycles. The number of ether oxygens (including phenoxy) is 1. The van der Waals surface area contributed by atoms with E-state index in [9.17, 15) is 9.18 Å². The van der Waals surface area contributed by atoms with E-state index in [4.69, 9.17) is 20.9 Å². The number of rotatable bonds is 4. The molecule has 6 nitrogen and oxygen atoms in total. The lowest BCUT2D eigenvalue weighted by Gasteiger charge is -2.19. The van der Waals surface area contributed by atoms with Gasteiger partial charge in [0.15, 0.2) is 0 Å². The third-order valence-corrected chi connectivity index (χ3v) is 5.09. The van der Waals surface area contributed by atoms with Gasteiger partial charge in [-0.25, -0.2) is 4.39 Å². The van der Waals surface area contributed by atoms with Crippen LogP contribution in [0.5, 0.6) is 5.75 Å². The molecule has 1 aromatic heterocycles. The molecular formula is C20H17ClFN3O3. The third kappa shape index (κ3) is 3.33. The summed E-state index contributed by atoms with van der Waals surface area (Å²) in [6.07, 6.45) is 0.266. The first-order valence-electron chi connectivity index (χ1n) is 8.70. The molecular weight excluding hydrogens is 385 g/mol. The maximum Gasteiger partial charge on any atom is 0.232 e. The van der Waals surface area contributed by atoms with Gasteiger partial charge in [-0.3, -0.25) is 4.79 Å². The number of amides is 1. The molecule has 8 heteroatoms. The summed E-state index contributed by atoms with van der Waals surface area (Å²) >= 11 is 5.82. The fourth-order valence-electron chi connectivity index (χ4n) is 3.27. The lowest BCUT2D eigenvalue weighted by atomic mass is 10.1. The number of hydrogen-bond donors (Lipinski definition) is 0. The Morgan fingerprint density at radius 2 is 2.11 bits per heavy atom. The zero-order valence-electron chi connectivity index (χ0n) is 15.3. The van der Waals surface area contributed by atoms with Crippen LogP contribution >= 0.6 is 11.6 Å². The van der Waals surface area contributed by atoms with Gasteiger partial charge in [-0.05, 0) is 36.8 Å². The molecule has 1 aliphatic heterocycles. The Morgan fingerprint density at radius 3 is 2.86 bits per heavy atom. The van der Waals surface area contributed by atoms with Crippen molar-refractivity contribution in [3.63, 3.8) is 0 Å². The average molecular weight is 402 g/mol. The molecule has 0 saturated carbocycles. The van der Waals surface area contributed by atoms with Gasteiger partial charge >= 0.3 is 0 Å². The second-order valence-electron chi connectivity index (χ2n) is 6.64. The molecule has 1 fully saturated rings. The lowest BCUT2D eigenvalue weighted by Crippen LogP contribution is -2.25. The fourth-order valence-corrected chi connectivity index (χ4v) is 3.45. The van der Waals surface area contributed by atoms with Gasteiger partial charge < -0.3 is 14.2 Å². The number of carbonyl (C=O) groups excluding carboxylic acids is 1. The van der Waals surface area contributed by atoms with E-state index < -0.39 is 5.82 Å². The summed E-state index contributed by atoms with van der Waals surface area (Å²) in [5.74, 6) is 0.596. The minimum Gasteiger partial charge on any atom is -0.497 e. The lowest BCUT2D eigenvalue weighted by molar-refractivity contribution is -0.117.